The monoisotopic (exact) mass is 266 g/mol. The highest BCUT2D eigenvalue weighted by Crippen LogP contribution is 2.22. The van der Waals surface area contributed by atoms with E-state index in [0.717, 1.165) is 13.0 Å². The Labute approximate surface area is 118 Å². The van der Waals surface area contributed by atoms with Gasteiger partial charge in [0, 0.05) is 12.7 Å². The summed E-state index contributed by atoms with van der Waals surface area (Å²) in [4.78, 5) is 0. The molecule has 3 aromatic rings. The number of hydrogen-bond acceptors (Lipinski definition) is 2. The Hall–Kier alpha value is -2.26. The van der Waals surface area contributed by atoms with Crippen LogP contribution >= 0.6 is 0 Å². The maximum absolute atomic E-state index is 9.35. The molecule has 1 aromatic heterocycles. The summed E-state index contributed by atoms with van der Waals surface area (Å²) in [6.07, 6.45) is 2.99. The molecule has 0 aliphatic carbocycles. The summed E-state index contributed by atoms with van der Waals surface area (Å²) in [6, 6.07) is 15.8. The normalized spacial score (nSPS) is 11.1. The molecular weight excluding hydrogens is 248 g/mol. The number of hydrogen-bond donors (Lipinski definition) is 2. The molecule has 0 amide bonds. The van der Waals surface area contributed by atoms with E-state index in [2.05, 4.69) is 35.0 Å². The lowest BCUT2D eigenvalue weighted by molar-refractivity contribution is 0.475. The number of para-hydroxylation sites is 1. The first-order valence-corrected chi connectivity index (χ1v) is 6.82. The summed E-state index contributed by atoms with van der Waals surface area (Å²) in [5, 5.41) is 10.6. The second-order valence-electron chi connectivity index (χ2n) is 5.00. The van der Waals surface area contributed by atoms with E-state index in [9.17, 15) is 5.11 Å². The summed E-state index contributed by atoms with van der Waals surface area (Å²) in [7, 11) is 0. The molecule has 3 heteroatoms. The Bertz CT molecular complexity index is 713. The number of aromatic hydroxyl groups is 1. The lowest BCUT2D eigenvalue weighted by Gasteiger charge is -2.10. The molecule has 1 heterocycles. The van der Waals surface area contributed by atoms with Gasteiger partial charge in [0.25, 0.3) is 0 Å². The van der Waals surface area contributed by atoms with Crippen molar-refractivity contribution in [3.63, 3.8) is 0 Å². The van der Waals surface area contributed by atoms with Gasteiger partial charge in [-0.3, -0.25) is 0 Å². The van der Waals surface area contributed by atoms with Crippen LogP contribution in [0.1, 0.15) is 11.1 Å². The average Bonchev–Trinajstić information content (AvgIpc) is 2.86. The van der Waals surface area contributed by atoms with Gasteiger partial charge < -0.3 is 15.4 Å². The molecule has 3 nitrogen and oxygen atoms in total. The highest BCUT2D eigenvalue weighted by atomic mass is 16.3. The van der Waals surface area contributed by atoms with Gasteiger partial charge in [0.05, 0.1) is 5.52 Å². The van der Waals surface area contributed by atoms with Gasteiger partial charge in [-0.05, 0) is 47.7 Å². The molecule has 0 radical (unpaired) electrons. The fourth-order valence-electron chi connectivity index (χ4n) is 2.63. The third-order valence-corrected chi connectivity index (χ3v) is 3.57. The predicted molar refractivity (Wildman–Crippen MR) is 81.9 cm³/mol. The minimum atomic E-state index is 0.301. The Morgan fingerprint density at radius 1 is 1.00 bits per heavy atom. The van der Waals surface area contributed by atoms with E-state index in [1.54, 1.807) is 12.1 Å². The molecule has 102 valence electrons. The Morgan fingerprint density at radius 3 is 2.55 bits per heavy atom. The number of aromatic nitrogens is 1. The SMILES string of the molecule is NCCc1cccc2ccn(Cc3ccc(O)cc3)c12. The first kappa shape index (κ1) is 12.8. The van der Waals surface area contributed by atoms with Crippen LogP contribution in [0.5, 0.6) is 5.75 Å². The molecule has 0 aliphatic rings. The zero-order valence-corrected chi connectivity index (χ0v) is 11.3. The molecule has 0 saturated heterocycles. The Kier molecular flexibility index (Phi) is 3.44. The highest BCUT2D eigenvalue weighted by molar-refractivity contribution is 5.83. The van der Waals surface area contributed by atoms with Crippen molar-refractivity contribution < 1.29 is 5.11 Å². The second-order valence-corrected chi connectivity index (χ2v) is 5.00. The molecule has 0 saturated carbocycles. The minimum Gasteiger partial charge on any atom is -0.508 e. The fraction of sp³-hybridized carbons (Fsp3) is 0.176. The maximum Gasteiger partial charge on any atom is 0.115 e. The molecule has 0 aliphatic heterocycles. The number of phenolic OH excluding ortho intramolecular Hbond substituents is 1. The van der Waals surface area contributed by atoms with Gasteiger partial charge in [-0.15, -0.1) is 0 Å². The molecule has 0 spiro atoms. The second kappa shape index (κ2) is 5.39. The fourth-order valence-corrected chi connectivity index (χ4v) is 2.63. The molecule has 2 aromatic carbocycles. The van der Waals surface area contributed by atoms with Gasteiger partial charge in [-0.2, -0.15) is 0 Å². The molecular formula is C17H18N2O. The van der Waals surface area contributed by atoms with Crippen molar-refractivity contribution in [3.8, 4) is 5.75 Å². The number of rotatable bonds is 4. The van der Waals surface area contributed by atoms with Crippen LogP contribution in [0, 0.1) is 0 Å². The van der Waals surface area contributed by atoms with Gasteiger partial charge in [-0.1, -0.05) is 30.3 Å². The Morgan fingerprint density at radius 2 is 1.80 bits per heavy atom. The van der Waals surface area contributed by atoms with E-state index in [1.807, 2.05) is 12.1 Å². The summed E-state index contributed by atoms with van der Waals surface area (Å²) >= 11 is 0. The van der Waals surface area contributed by atoms with Gasteiger partial charge in [0.2, 0.25) is 0 Å². The number of phenols is 1. The zero-order chi connectivity index (χ0) is 13.9. The van der Waals surface area contributed by atoms with Crippen molar-refractivity contribution in [1.29, 1.82) is 0 Å². The highest BCUT2D eigenvalue weighted by Gasteiger charge is 2.06. The van der Waals surface area contributed by atoms with Crippen molar-refractivity contribution in [2.45, 2.75) is 13.0 Å². The van der Waals surface area contributed by atoms with E-state index >= 15 is 0 Å². The summed E-state index contributed by atoms with van der Waals surface area (Å²) < 4.78 is 2.24. The van der Waals surface area contributed by atoms with Crippen molar-refractivity contribution in [2.24, 2.45) is 5.73 Å². The van der Waals surface area contributed by atoms with Crippen molar-refractivity contribution in [2.75, 3.05) is 6.54 Å². The minimum absolute atomic E-state index is 0.301. The summed E-state index contributed by atoms with van der Waals surface area (Å²) in [6.45, 7) is 1.45. The van der Waals surface area contributed by atoms with E-state index in [4.69, 9.17) is 5.73 Å². The molecule has 3 N–H and O–H groups in total. The molecule has 20 heavy (non-hydrogen) atoms. The topological polar surface area (TPSA) is 51.2 Å². The summed E-state index contributed by atoms with van der Waals surface area (Å²) in [5.74, 6) is 0.301. The number of nitrogens with zero attached hydrogens (tertiary/aromatic N) is 1. The number of fused-ring (bicyclic) bond motifs is 1. The van der Waals surface area contributed by atoms with Crippen molar-refractivity contribution >= 4 is 10.9 Å². The van der Waals surface area contributed by atoms with Crippen LogP contribution in [-0.4, -0.2) is 16.2 Å². The summed E-state index contributed by atoms with van der Waals surface area (Å²) in [5.41, 5.74) is 9.41. The number of benzene rings is 2. The van der Waals surface area contributed by atoms with Gasteiger partial charge in [0.15, 0.2) is 0 Å². The van der Waals surface area contributed by atoms with E-state index in [-0.39, 0.29) is 0 Å². The van der Waals surface area contributed by atoms with E-state index in [1.165, 1.54) is 22.0 Å². The van der Waals surface area contributed by atoms with Crippen LogP contribution < -0.4 is 5.73 Å². The molecule has 3 rings (SSSR count). The van der Waals surface area contributed by atoms with Crippen LogP contribution in [-0.2, 0) is 13.0 Å². The van der Waals surface area contributed by atoms with E-state index in [0.29, 0.717) is 12.3 Å². The number of nitrogens with two attached hydrogens (primary N) is 1. The Balaban J connectivity index is 2.00. The van der Waals surface area contributed by atoms with Gasteiger partial charge in [-0.25, -0.2) is 0 Å². The van der Waals surface area contributed by atoms with Gasteiger partial charge in [0.1, 0.15) is 5.75 Å². The van der Waals surface area contributed by atoms with Gasteiger partial charge >= 0.3 is 0 Å². The lowest BCUT2D eigenvalue weighted by atomic mass is 10.1. The van der Waals surface area contributed by atoms with Crippen LogP contribution in [0.2, 0.25) is 0 Å². The maximum atomic E-state index is 9.35. The first-order chi connectivity index (χ1) is 9.78. The molecule has 0 bridgehead atoms. The van der Waals surface area contributed by atoms with Crippen LogP contribution in [0.15, 0.2) is 54.7 Å². The standard InChI is InChI=1S/C17H18N2O/c18-10-8-14-2-1-3-15-9-11-19(17(14)15)12-13-4-6-16(20)7-5-13/h1-7,9,11,20H,8,10,12,18H2. The third kappa shape index (κ3) is 2.40. The zero-order valence-electron chi connectivity index (χ0n) is 11.3. The predicted octanol–water partition coefficient (Wildman–Crippen LogP) is 2.90. The molecule has 0 unspecified atom stereocenters. The van der Waals surface area contributed by atoms with E-state index < -0.39 is 0 Å². The average molecular weight is 266 g/mol. The molecule has 0 atom stereocenters. The molecule has 0 fully saturated rings. The van der Waals surface area contributed by atoms with Crippen LogP contribution in [0.4, 0.5) is 0 Å². The lowest BCUT2D eigenvalue weighted by Crippen LogP contribution is -2.05. The van der Waals surface area contributed by atoms with Crippen LogP contribution in [0.3, 0.4) is 0 Å². The van der Waals surface area contributed by atoms with Crippen LogP contribution in [0.25, 0.3) is 10.9 Å². The van der Waals surface area contributed by atoms with Crippen molar-refractivity contribution in [1.82, 2.24) is 4.57 Å². The van der Waals surface area contributed by atoms with Crippen molar-refractivity contribution in [3.05, 3.63) is 65.9 Å². The third-order valence-electron chi connectivity index (χ3n) is 3.57. The largest absolute Gasteiger partial charge is 0.508 e. The smallest absolute Gasteiger partial charge is 0.115 e. The quantitative estimate of drug-likeness (QED) is 0.763. The first-order valence-electron chi connectivity index (χ1n) is 6.82.